The Morgan fingerprint density at radius 1 is 1.60 bits per heavy atom. The van der Waals surface area contributed by atoms with E-state index >= 15 is 0 Å². The lowest BCUT2D eigenvalue weighted by molar-refractivity contribution is 0.542. The van der Waals surface area contributed by atoms with Gasteiger partial charge in [-0.1, -0.05) is 30.6 Å². The SMILES string of the molecule is CC(C)CC#Cc1nc(CCSS)co1. The number of nitrogens with zero attached hydrogens (tertiary/aromatic N) is 1. The fourth-order valence-corrected chi connectivity index (χ4v) is 1.53. The van der Waals surface area contributed by atoms with E-state index in [1.54, 1.807) is 6.26 Å². The average molecular weight is 241 g/mol. The first-order valence-corrected chi connectivity index (χ1v) is 6.95. The van der Waals surface area contributed by atoms with Gasteiger partial charge in [0.15, 0.2) is 0 Å². The Bertz CT molecular complexity index is 349. The van der Waals surface area contributed by atoms with Crippen molar-refractivity contribution in [2.24, 2.45) is 5.92 Å². The zero-order chi connectivity index (χ0) is 11.1. The maximum Gasteiger partial charge on any atom is 0.273 e. The molecule has 0 bridgehead atoms. The van der Waals surface area contributed by atoms with Crippen LogP contribution >= 0.6 is 22.5 Å². The molecule has 0 aromatic carbocycles. The molecule has 0 spiro atoms. The maximum atomic E-state index is 5.22. The van der Waals surface area contributed by atoms with Gasteiger partial charge in [0.2, 0.25) is 0 Å². The van der Waals surface area contributed by atoms with Crippen LogP contribution in [0.5, 0.6) is 0 Å². The van der Waals surface area contributed by atoms with Crippen LogP contribution < -0.4 is 0 Å². The Kier molecular flexibility index (Phi) is 5.74. The molecule has 0 saturated carbocycles. The van der Waals surface area contributed by atoms with Crippen molar-refractivity contribution in [1.29, 1.82) is 0 Å². The lowest BCUT2D eigenvalue weighted by Gasteiger charge is -1.91. The van der Waals surface area contributed by atoms with Crippen molar-refractivity contribution in [3.63, 3.8) is 0 Å². The topological polar surface area (TPSA) is 26.0 Å². The second kappa shape index (κ2) is 6.86. The van der Waals surface area contributed by atoms with Gasteiger partial charge in [-0.15, -0.1) is 11.7 Å². The van der Waals surface area contributed by atoms with Gasteiger partial charge in [-0.05, 0) is 11.8 Å². The molecule has 0 aliphatic heterocycles. The molecule has 0 amide bonds. The molecular weight excluding hydrogens is 226 g/mol. The summed E-state index contributed by atoms with van der Waals surface area (Å²) in [6.07, 6.45) is 3.43. The van der Waals surface area contributed by atoms with Crippen LogP contribution in [0.3, 0.4) is 0 Å². The van der Waals surface area contributed by atoms with Gasteiger partial charge in [0.25, 0.3) is 5.89 Å². The molecular formula is C11H15NOS2. The summed E-state index contributed by atoms with van der Waals surface area (Å²) < 4.78 is 5.22. The first-order valence-electron chi connectivity index (χ1n) is 4.92. The van der Waals surface area contributed by atoms with Crippen molar-refractivity contribution in [2.75, 3.05) is 5.75 Å². The van der Waals surface area contributed by atoms with Gasteiger partial charge in [0.1, 0.15) is 6.26 Å². The van der Waals surface area contributed by atoms with Crippen LogP contribution in [0.25, 0.3) is 0 Å². The van der Waals surface area contributed by atoms with Crippen molar-refractivity contribution in [3.8, 4) is 11.8 Å². The Hall–Kier alpha value is -0.530. The first kappa shape index (κ1) is 12.5. The summed E-state index contributed by atoms with van der Waals surface area (Å²) in [6.45, 7) is 4.28. The highest BCUT2D eigenvalue weighted by Gasteiger charge is 2.00. The van der Waals surface area contributed by atoms with Gasteiger partial charge in [-0.25, -0.2) is 4.98 Å². The highest BCUT2D eigenvalue weighted by atomic mass is 33.1. The van der Waals surface area contributed by atoms with Gasteiger partial charge < -0.3 is 4.42 Å². The predicted octanol–water partition coefficient (Wildman–Crippen LogP) is 3.19. The van der Waals surface area contributed by atoms with E-state index in [0.717, 1.165) is 24.3 Å². The summed E-state index contributed by atoms with van der Waals surface area (Å²) in [4.78, 5) is 4.26. The Balaban J connectivity index is 2.47. The minimum Gasteiger partial charge on any atom is -0.438 e. The summed E-state index contributed by atoms with van der Waals surface area (Å²) >= 11 is 4.07. The van der Waals surface area contributed by atoms with Crippen LogP contribution in [0.15, 0.2) is 10.7 Å². The highest BCUT2D eigenvalue weighted by Crippen LogP contribution is 2.09. The number of rotatable bonds is 4. The van der Waals surface area contributed by atoms with E-state index in [4.69, 9.17) is 4.42 Å². The Morgan fingerprint density at radius 3 is 3.07 bits per heavy atom. The summed E-state index contributed by atoms with van der Waals surface area (Å²) in [7, 11) is 1.50. The lowest BCUT2D eigenvalue weighted by atomic mass is 10.1. The van der Waals surface area contributed by atoms with Crippen LogP contribution in [-0.4, -0.2) is 10.7 Å². The van der Waals surface area contributed by atoms with Crippen molar-refractivity contribution >= 4 is 22.5 Å². The fourth-order valence-electron chi connectivity index (χ4n) is 0.960. The number of hydrogen-bond donors (Lipinski definition) is 1. The summed E-state index contributed by atoms with van der Waals surface area (Å²) in [5, 5.41) is 0. The number of aryl methyl sites for hydroxylation is 1. The van der Waals surface area contributed by atoms with E-state index in [1.165, 1.54) is 10.8 Å². The average Bonchev–Trinajstić information content (AvgIpc) is 2.62. The van der Waals surface area contributed by atoms with E-state index in [0.29, 0.717) is 11.8 Å². The van der Waals surface area contributed by atoms with Crippen molar-refractivity contribution in [1.82, 2.24) is 4.98 Å². The fraction of sp³-hybridized carbons (Fsp3) is 0.545. The minimum atomic E-state index is 0.523. The van der Waals surface area contributed by atoms with Crippen LogP contribution in [0.4, 0.5) is 0 Å². The largest absolute Gasteiger partial charge is 0.438 e. The molecule has 0 aliphatic carbocycles. The molecule has 0 unspecified atom stereocenters. The van der Waals surface area contributed by atoms with E-state index in [9.17, 15) is 0 Å². The van der Waals surface area contributed by atoms with Crippen LogP contribution in [-0.2, 0) is 6.42 Å². The van der Waals surface area contributed by atoms with Crippen molar-refractivity contribution in [3.05, 3.63) is 17.8 Å². The van der Waals surface area contributed by atoms with Crippen molar-refractivity contribution < 1.29 is 4.42 Å². The zero-order valence-electron chi connectivity index (χ0n) is 8.99. The Labute approximate surface area is 100 Å². The molecule has 0 saturated heterocycles. The van der Waals surface area contributed by atoms with E-state index in [2.05, 4.69) is 42.3 Å². The Morgan fingerprint density at radius 2 is 2.40 bits per heavy atom. The van der Waals surface area contributed by atoms with Gasteiger partial charge >= 0.3 is 0 Å². The third-order valence-corrected chi connectivity index (χ3v) is 2.64. The molecule has 0 N–H and O–H groups in total. The molecule has 82 valence electrons. The monoisotopic (exact) mass is 241 g/mol. The van der Waals surface area contributed by atoms with Gasteiger partial charge in [-0.3, -0.25) is 0 Å². The van der Waals surface area contributed by atoms with Crippen LogP contribution in [0, 0.1) is 17.8 Å². The predicted molar refractivity (Wildman–Crippen MR) is 68.0 cm³/mol. The molecule has 0 atom stereocenters. The molecule has 0 aliphatic rings. The normalized spacial score (nSPS) is 10.1. The lowest BCUT2D eigenvalue weighted by Crippen LogP contribution is -1.87. The van der Waals surface area contributed by atoms with Gasteiger partial charge in [0.05, 0.1) is 5.69 Å². The van der Waals surface area contributed by atoms with Crippen molar-refractivity contribution in [2.45, 2.75) is 26.7 Å². The third-order valence-electron chi connectivity index (χ3n) is 1.71. The van der Waals surface area contributed by atoms with E-state index in [-0.39, 0.29) is 0 Å². The molecule has 4 heteroatoms. The zero-order valence-corrected chi connectivity index (χ0v) is 10.7. The second-order valence-electron chi connectivity index (χ2n) is 3.63. The second-order valence-corrected chi connectivity index (χ2v) is 5.07. The molecule has 1 heterocycles. The third kappa shape index (κ3) is 5.19. The van der Waals surface area contributed by atoms with Gasteiger partial charge in [0, 0.05) is 18.6 Å². The summed E-state index contributed by atoms with van der Waals surface area (Å²) in [6, 6.07) is 0. The van der Waals surface area contributed by atoms with Gasteiger partial charge in [-0.2, -0.15) is 0 Å². The van der Waals surface area contributed by atoms with E-state index in [1.807, 2.05) is 0 Å². The molecule has 0 fully saturated rings. The smallest absolute Gasteiger partial charge is 0.273 e. The van der Waals surface area contributed by atoms with E-state index < -0.39 is 0 Å². The van der Waals surface area contributed by atoms with Crippen LogP contribution in [0.1, 0.15) is 31.9 Å². The quantitative estimate of drug-likeness (QED) is 0.498. The number of oxazole rings is 1. The number of thiol groups is 1. The van der Waals surface area contributed by atoms with Crippen LogP contribution in [0.2, 0.25) is 0 Å². The molecule has 2 nitrogen and oxygen atoms in total. The first-order chi connectivity index (χ1) is 7.22. The molecule has 15 heavy (non-hydrogen) atoms. The summed E-state index contributed by atoms with van der Waals surface area (Å²) in [5.41, 5.74) is 0.949. The molecule has 1 aromatic heterocycles. The molecule has 0 radical (unpaired) electrons. The minimum absolute atomic E-state index is 0.523. The highest BCUT2D eigenvalue weighted by molar-refractivity contribution is 8.68. The summed E-state index contributed by atoms with van der Waals surface area (Å²) in [5.74, 6) is 8.02. The molecule has 1 aromatic rings. The number of aromatic nitrogens is 1. The maximum absolute atomic E-state index is 5.22. The number of hydrogen-bond acceptors (Lipinski definition) is 4. The standard InChI is InChI=1S/C11H15NOS2/c1-9(2)4-3-5-11-12-10(8-13-11)6-7-15-14/h8-9,14H,4,6-7H2,1-2H3. The molecule has 1 rings (SSSR count).